The first-order valence-corrected chi connectivity index (χ1v) is 6.83. The first-order chi connectivity index (χ1) is 9.38. The molecule has 0 spiro atoms. The minimum Gasteiger partial charge on any atom is -0.496 e. The van der Waals surface area contributed by atoms with Crippen LogP contribution in [0.15, 0.2) is 48.5 Å². The van der Waals surface area contributed by atoms with Gasteiger partial charge in [0.25, 0.3) is 0 Å². The molecule has 0 aromatic heterocycles. The van der Waals surface area contributed by atoms with Crippen molar-refractivity contribution < 1.29 is 4.74 Å². The standard InChI is InChI=1S/C17H19NO/c1-19-17-9-5-4-8-16(17)15-7-3-2-6-13(15)12-18-14-10-11-14/h2-9,14,18H,10-12H2,1H3. The van der Waals surface area contributed by atoms with Crippen LogP contribution in [-0.4, -0.2) is 13.2 Å². The largest absolute Gasteiger partial charge is 0.496 e. The lowest BCUT2D eigenvalue weighted by Crippen LogP contribution is -2.15. The van der Waals surface area contributed by atoms with Crippen molar-refractivity contribution in [2.24, 2.45) is 0 Å². The second-order valence-electron chi connectivity index (χ2n) is 5.01. The summed E-state index contributed by atoms with van der Waals surface area (Å²) in [6, 6.07) is 17.5. The molecule has 3 rings (SSSR count). The predicted molar refractivity (Wildman–Crippen MR) is 78.3 cm³/mol. The van der Waals surface area contributed by atoms with Crippen LogP contribution in [0.1, 0.15) is 18.4 Å². The molecule has 0 saturated heterocycles. The van der Waals surface area contributed by atoms with Crippen LogP contribution in [0.3, 0.4) is 0 Å². The maximum atomic E-state index is 5.47. The lowest BCUT2D eigenvalue weighted by Gasteiger charge is -2.13. The van der Waals surface area contributed by atoms with Crippen molar-refractivity contribution in [2.45, 2.75) is 25.4 Å². The molecular weight excluding hydrogens is 234 g/mol. The van der Waals surface area contributed by atoms with Crippen LogP contribution in [0.4, 0.5) is 0 Å². The van der Waals surface area contributed by atoms with Crippen molar-refractivity contribution in [2.75, 3.05) is 7.11 Å². The van der Waals surface area contributed by atoms with E-state index in [0.29, 0.717) is 0 Å². The predicted octanol–water partition coefficient (Wildman–Crippen LogP) is 3.61. The quantitative estimate of drug-likeness (QED) is 0.878. The lowest BCUT2D eigenvalue weighted by atomic mass is 9.99. The smallest absolute Gasteiger partial charge is 0.126 e. The van der Waals surface area contributed by atoms with Crippen LogP contribution in [0.5, 0.6) is 5.75 Å². The normalized spacial score (nSPS) is 14.4. The molecule has 2 heteroatoms. The van der Waals surface area contributed by atoms with Gasteiger partial charge in [-0.2, -0.15) is 0 Å². The highest BCUT2D eigenvalue weighted by molar-refractivity contribution is 5.73. The summed E-state index contributed by atoms with van der Waals surface area (Å²) < 4.78 is 5.47. The van der Waals surface area contributed by atoms with Gasteiger partial charge in [0.2, 0.25) is 0 Å². The van der Waals surface area contributed by atoms with Crippen molar-refractivity contribution in [3.63, 3.8) is 0 Å². The van der Waals surface area contributed by atoms with Crippen LogP contribution < -0.4 is 10.1 Å². The fraction of sp³-hybridized carbons (Fsp3) is 0.294. The van der Waals surface area contributed by atoms with Gasteiger partial charge >= 0.3 is 0 Å². The van der Waals surface area contributed by atoms with Crippen molar-refractivity contribution in [3.05, 3.63) is 54.1 Å². The zero-order valence-electron chi connectivity index (χ0n) is 11.2. The van der Waals surface area contributed by atoms with E-state index in [0.717, 1.165) is 23.9 Å². The molecule has 2 aromatic rings. The minimum atomic E-state index is 0.728. The molecule has 1 fully saturated rings. The molecule has 2 aromatic carbocycles. The number of hydrogen-bond donors (Lipinski definition) is 1. The minimum absolute atomic E-state index is 0.728. The Morgan fingerprint density at radius 3 is 2.42 bits per heavy atom. The fourth-order valence-corrected chi connectivity index (χ4v) is 2.35. The van der Waals surface area contributed by atoms with Crippen LogP contribution in [0, 0.1) is 0 Å². The molecule has 1 aliphatic rings. The third-order valence-electron chi connectivity index (χ3n) is 3.57. The Kier molecular flexibility index (Phi) is 3.51. The topological polar surface area (TPSA) is 21.3 Å². The Morgan fingerprint density at radius 1 is 1.00 bits per heavy atom. The first-order valence-electron chi connectivity index (χ1n) is 6.83. The average Bonchev–Trinajstić information content (AvgIpc) is 3.29. The van der Waals surface area contributed by atoms with Gasteiger partial charge in [0.15, 0.2) is 0 Å². The number of hydrogen-bond acceptors (Lipinski definition) is 2. The van der Waals surface area contributed by atoms with Gasteiger partial charge in [-0.1, -0.05) is 42.5 Å². The number of ether oxygens (including phenoxy) is 1. The average molecular weight is 253 g/mol. The maximum Gasteiger partial charge on any atom is 0.126 e. The Hall–Kier alpha value is -1.80. The van der Waals surface area contributed by atoms with Crippen molar-refractivity contribution in [1.82, 2.24) is 5.32 Å². The summed E-state index contributed by atoms with van der Waals surface area (Å²) in [5, 5.41) is 3.58. The molecule has 0 unspecified atom stereocenters. The van der Waals surface area contributed by atoms with E-state index < -0.39 is 0 Å². The van der Waals surface area contributed by atoms with Gasteiger partial charge in [-0.3, -0.25) is 0 Å². The van der Waals surface area contributed by atoms with E-state index >= 15 is 0 Å². The molecule has 98 valence electrons. The van der Waals surface area contributed by atoms with Gasteiger partial charge in [0.1, 0.15) is 5.75 Å². The zero-order valence-corrected chi connectivity index (χ0v) is 11.2. The molecule has 1 aliphatic carbocycles. The highest BCUT2D eigenvalue weighted by atomic mass is 16.5. The molecule has 0 heterocycles. The van der Waals surface area contributed by atoms with Crippen LogP contribution in [-0.2, 0) is 6.54 Å². The summed E-state index contributed by atoms with van der Waals surface area (Å²) in [5.41, 5.74) is 3.75. The highest BCUT2D eigenvalue weighted by Crippen LogP contribution is 2.32. The first kappa shape index (κ1) is 12.2. The summed E-state index contributed by atoms with van der Waals surface area (Å²) in [4.78, 5) is 0. The van der Waals surface area contributed by atoms with Gasteiger partial charge in [-0.25, -0.2) is 0 Å². The summed E-state index contributed by atoms with van der Waals surface area (Å²) in [6.07, 6.45) is 2.63. The van der Waals surface area contributed by atoms with Gasteiger partial charge in [-0.05, 0) is 30.0 Å². The molecule has 1 saturated carbocycles. The van der Waals surface area contributed by atoms with Crippen LogP contribution >= 0.6 is 0 Å². The van der Waals surface area contributed by atoms with E-state index in [-0.39, 0.29) is 0 Å². The zero-order chi connectivity index (χ0) is 13.1. The van der Waals surface area contributed by atoms with Crippen molar-refractivity contribution in [3.8, 4) is 16.9 Å². The van der Waals surface area contributed by atoms with E-state index in [4.69, 9.17) is 4.74 Å². The fourth-order valence-electron chi connectivity index (χ4n) is 2.35. The molecule has 2 nitrogen and oxygen atoms in total. The highest BCUT2D eigenvalue weighted by Gasteiger charge is 2.20. The SMILES string of the molecule is COc1ccccc1-c1ccccc1CNC1CC1. The van der Waals surface area contributed by atoms with Crippen molar-refractivity contribution >= 4 is 0 Å². The Labute approximate surface area is 114 Å². The van der Waals surface area contributed by atoms with E-state index in [1.165, 1.54) is 24.0 Å². The van der Waals surface area contributed by atoms with Crippen LogP contribution in [0.2, 0.25) is 0 Å². The number of rotatable bonds is 5. The second kappa shape index (κ2) is 5.45. The second-order valence-corrected chi connectivity index (χ2v) is 5.01. The van der Waals surface area contributed by atoms with Gasteiger partial charge in [0, 0.05) is 18.2 Å². The maximum absolute atomic E-state index is 5.47. The number of methoxy groups -OCH3 is 1. The van der Waals surface area contributed by atoms with Gasteiger partial charge in [0.05, 0.1) is 7.11 Å². The van der Waals surface area contributed by atoms with Crippen molar-refractivity contribution in [1.29, 1.82) is 0 Å². The number of benzene rings is 2. The summed E-state index contributed by atoms with van der Waals surface area (Å²) in [7, 11) is 1.73. The molecule has 0 bridgehead atoms. The van der Waals surface area contributed by atoms with E-state index in [2.05, 4.69) is 41.7 Å². The Morgan fingerprint density at radius 2 is 1.68 bits per heavy atom. The molecule has 19 heavy (non-hydrogen) atoms. The molecule has 0 aliphatic heterocycles. The number of nitrogens with one attached hydrogen (secondary N) is 1. The summed E-state index contributed by atoms with van der Waals surface area (Å²) in [5.74, 6) is 0.932. The van der Waals surface area contributed by atoms with E-state index in [1.807, 2.05) is 12.1 Å². The molecule has 0 radical (unpaired) electrons. The molecule has 1 N–H and O–H groups in total. The summed E-state index contributed by atoms with van der Waals surface area (Å²) in [6.45, 7) is 0.929. The molecule has 0 amide bonds. The molecule has 0 atom stereocenters. The van der Waals surface area contributed by atoms with E-state index in [9.17, 15) is 0 Å². The monoisotopic (exact) mass is 253 g/mol. The third-order valence-corrected chi connectivity index (χ3v) is 3.57. The lowest BCUT2D eigenvalue weighted by molar-refractivity contribution is 0.416. The number of para-hydroxylation sites is 1. The molecular formula is C17H19NO. The van der Waals surface area contributed by atoms with E-state index in [1.54, 1.807) is 7.11 Å². The third kappa shape index (κ3) is 2.79. The van der Waals surface area contributed by atoms with Crippen LogP contribution in [0.25, 0.3) is 11.1 Å². The van der Waals surface area contributed by atoms with Gasteiger partial charge in [-0.15, -0.1) is 0 Å². The Bertz CT molecular complexity index is 561. The Balaban J connectivity index is 1.93. The van der Waals surface area contributed by atoms with Gasteiger partial charge < -0.3 is 10.1 Å². The summed E-state index contributed by atoms with van der Waals surface area (Å²) >= 11 is 0.